The zero-order chi connectivity index (χ0) is 14.3. The van der Waals surface area contributed by atoms with Crippen molar-refractivity contribution in [1.29, 1.82) is 0 Å². The fourth-order valence-corrected chi connectivity index (χ4v) is 2.28. The maximum absolute atomic E-state index is 14.0. The molecule has 0 aliphatic rings. The first-order chi connectivity index (χ1) is 9.58. The van der Waals surface area contributed by atoms with Gasteiger partial charge in [-0.05, 0) is 24.3 Å². The zero-order valence-electron chi connectivity index (χ0n) is 9.87. The second-order valence-electron chi connectivity index (χ2n) is 4.08. The Bertz CT molecular complexity index is 822. The van der Waals surface area contributed by atoms with Crippen LogP contribution in [0.15, 0.2) is 36.4 Å². The minimum Gasteiger partial charge on any atom is -0.225 e. The van der Waals surface area contributed by atoms with Gasteiger partial charge in [0.1, 0.15) is 16.5 Å². The van der Waals surface area contributed by atoms with Gasteiger partial charge in [0.05, 0.1) is 10.6 Å². The van der Waals surface area contributed by atoms with Crippen LogP contribution >= 0.6 is 23.2 Å². The molecule has 0 radical (unpaired) electrons. The minimum absolute atomic E-state index is 0.00685. The quantitative estimate of drug-likeness (QED) is 0.598. The van der Waals surface area contributed by atoms with Crippen LogP contribution in [-0.2, 0) is 0 Å². The smallest absolute Gasteiger partial charge is 0.164 e. The molecule has 0 spiro atoms. The summed E-state index contributed by atoms with van der Waals surface area (Å²) in [6, 6.07) is 8.78. The van der Waals surface area contributed by atoms with Crippen molar-refractivity contribution in [3.63, 3.8) is 0 Å². The summed E-state index contributed by atoms with van der Waals surface area (Å²) in [6.07, 6.45) is 0. The van der Waals surface area contributed by atoms with Gasteiger partial charge >= 0.3 is 0 Å². The summed E-state index contributed by atoms with van der Waals surface area (Å²) in [5.74, 6) is -1.22. The van der Waals surface area contributed by atoms with Gasteiger partial charge in [-0.2, -0.15) is 0 Å². The van der Waals surface area contributed by atoms with E-state index in [2.05, 4.69) is 9.97 Å². The summed E-state index contributed by atoms with van der Waals surface area (Å²) in [7, 11) is 0. The molecule has 20 heavy (non-hydrogen) atoms. The molecule has 3 aromatic rings. The van der Waals surface area contributed by atoms with Crippen LogP contribution in [0.1, 0.15) is 0 Å². The highest BCUT2D eigenvalue weighted by Crippen LogP contribution is 2.29. The Hall–Kier alpha value is -1.78. The molecule has 2 aromatic carbocycles. The number of hydrogen-bond donors (Lipinski definition) is 0. The van der Waals surface area contributed by atoms with Crippen molar-refractivity contribution in [2.24, 2.45) is 0 Å². The standard InChI is InChI=1S/C14H6Cl2F2N2/c15-9-5-1-3-7(11(9)18)14-19-12-8(13(16)20-14)4-2-6-10(12)17/h1-6H. The molecule has 0 bridgehead atoms. The lowest BCUT2D eigenvalue weighted by Gasteiger charge is -2.06. The monoisotopic (exact) mass is 310 g/mol. The van der Waals surface area contributed by atoms with Crippen molar-refractivity contribution in [3.05, 3.63) is 58.2 Å². The van der Waals surface area contributed by atoms with Crippen LogP contribution in [0, 0.1) is 11.6 Å². The summed E-state index contributed by atoms with van der Waals surface area (Å²) >= 11 is 11.7. The molecule has 6 heteroatoms. The third kappa shape index (κ3) is 2.11. The van der Waals surface area contributed by atoms with Gasteiger partial charge in [0, 0.05) is 5.39 Å². The first-order valence-electron chi connectivity index (χ1n) is 5.64. The molecular weight excluding hydrogens is 305 g/mol. The van der Waals surface area contributed by atoms with Gasteiger partial charge in [-0.1, -0.05) is 35.3 Å². The number of rotatable bonds is 1. The van der Waals surface area contributed by atoms with Crippen LogP contribution in [0.2, 0.25) is 10.2 Å². The molecule has 1 aromatic heterocycles. The van der Waals surface area contributed by atoms with E-state index in [9.17, 15) is 8.78 Å². The molecule has 3 rings (SSSR count). The highest BCUT2D eigenvalue weighted by atomic mass is 35.5. The lowest BCUT2D eigenvalue weighted by molar-refractivity contribution is 0.629. The minimum atomic E-state index is -0.666. The summed E-state index contributed by atoms with van der Waals surface area (Å²) < 4.78 is 27.7. The first kappa shape index (κ1) is 13.2. The van der Waals surface area contributed by atoms with Gasteiger partial charge < -0.3 is 0 Å². The van der Waals surface area contributed by atoms with Crippen LogP contribution in [0.5, 0.6) is 0 Å². The fourth-order valence-electron chi connectivity index (χ4n) is 1.88. The third-order valence-corrected chi connectivity index (χ3v) is 3.40. The van der Waals surface area contributed by atoms with E-state index in [1.807, 2.05) is 0 Å². The highest BCUT2D eigenvalue weighted by Gasteiger charge is 2.15. The number of aromatic nitrogens is 2. The Morgan fingerprint density at radius 3 is 2.45 bits per heavy atom. The average Bonchev–Trinajstić information content (AvgIpc) is 2.43. The Labute approximate surface area is 123 Å². The van der Waals surface area contributed by atoms with Crippen molar-refractivity contribution in [2.45, 2.75) is 0 Å². The van der Waals surface area contributed by atoms with Crippen LogP contribution in [0.25, 0.3) is 22.3 Å². The third-order valence-electron chi connectivity index (χ3n) is 2.82. The summed E-state index contributed by atoms with van der Waals surface area (Å²) in [5, 5.41) is 0.373. The van der Waals surface area contributed by atoms with E-state index >= 15 is 0 Å². The Morgan fingerprint density at radius 2 is 1.65 bits per heavy atom. The number of para-hydroxylation sites is 1. The Morgan fingerprint density at radius 1 is 0.900 bits per heavy atom. The number of nitrogens with zero attached hydrogens (tertiary/aromatic N) is 2. The van der Waals surface area contributed by atoms with Crippen molar-refractivity contribution in [2.75, 3.05) is 0 Å². The van der Waals surface area contributed by atoms with Crippen LogP contribution in [-0.4, -0.2) is 9.97 Å². The largest absolute Gasteiger partial charge is 0.225 e. The molecule has 0 saturated carbocycles. The summed E-state index contributed by atoms with van der Waals surface area (Å²) in [5.41, 5.74) is 0.117. The predicted octanol–water partition coefficient (Wildman–Crippen LogP) is 4.88. The second-order valence-corrected chi connectivity index (χ2v) is 4.84. The molecule has 0 N–H and O–H groups in total. The summed E-state index contributed by atoms with van der Waals surface area (Å²) in [4.78, 5) is 8.04. The number of benzene rings is 2. The highest BCUT2D eigenvalue weighted by molar-refractivity contribution is 6.34. The normalized spacial score (nSPS) is 11.0. The Kier molecular flexibility index (Phi) is 3.28. The average molecular weight is 311 g/mol. The predicted molar refractivity (Wildman–Crippen MR) is 74.9 cm³/mol. The molecule has 0 unspecified atom stereocenters. The molecule has 0 saturated heterocycles. The summed E-state index contributed by atoms with van der Waals surface area (Å²) in [6.45, 7) is 0. The van der Waals surface area contributed by atoms with Crippen molar-refractivity contribution in [3.8, 4) is 11.4 Å². The van der Waals surface area contributed by atoms with E-state index < -0.39 is 11.6 Å². The van der Waals surface area contributed by atoms with E-state index in [0.29, 0.717) is 5.39 Å². The van der Waals surface area contributed by atoms with E-state index in [1.165, 1.54) is 24.3 Å². The maximum Gasteiger partial charge on any atom is 0.164 e. The molecule has 0 atom stereocenters. The van der Waals surface area contributed by atoms with E-state index in [1.54, 1.807) is 12.1 Å². The molecular formula is C14H6Cl2F2N2. The number of halogens is 4. The molecule has 0 aliphatic heterocycles. The van der Waals surface area contributed by atoms with Gasteiger partial charge in [0.2, 0.25) is 0 Å². The van der Waals surface area contributed by atoms with E-state index in [-0.39, 0.29) is 27.1 Å². The van der Waals surface area contributed by atoms with E-state index in [4.69, 9.17) is 23.2 Å². The molecule has 100 valence electrons. The van der Waals surface area contributed by atoms with Gasteiger partial charge in [0.25, 0.3) is 0 Å². The topological polar surface area (TPSA) is 25.8 Å². The number of hydrogen-bond acceptors (Lipinski definition) is 2. The molecule has 0 aliphatic carbocycles. The fraction of sp³-hybridized carbons (Fsp3) is 0. The number of fused-ring (bicyclic) bond motifs is 1. The van der Waals surface area contributed by atoms with E-state index in [0.717, 1.165) is 0 Å². The lowest BCUT2D eigenvalue weighted by atomic mass is 10.2. The molecule has 2 nitrogen and oxygen atoms in total. The van der Waals surface area contributed by atoms with Gasteiger partial charge in [0.15, 0.2) is 11.6 Å². The molecule has 0 amide bonds. The zero-order valence-corrected chi connectivity index (χ0v) is 11.4. The Balaban J connectivity index is 2.33. The van der Waals surface area contributed by atoms with Crippen LogP contribution in [0.4, 0.5) is 8.78 Å². The SMILES string of the molecule is Fc1c(Cl)cccc1-c1nc(Cl)c2cccc(F)c2n1. The van der Waals surface area contributed by atoms with Crippen molar-refractivity contribution < 1.29 is 8.78 Å². The first-order valence-corrected chi connectivity index (χ1v) is 6.39. The second kappa shape index (κ2) is 4.96. The molecule has 1 heterocycles. The molecule has 0 fully saturated rings. The van der Waals surface area contributed by atoms with Gasteiger partial charge in [-0.15, -0.1) is 0 Å². The van der Waals surface area contributed by atoms with Gasteiger partial charge in [-0.25, -0.2) is 18.7 Å². The van der Waals surface area contributed by atoms with Gasteiger partial charge in [-0.3, -0.25) is 0 Å². The van der Waals surface area contributed by atoms with Crippen molar-refractivity contribution in [1.82, 2.24) is 9.97 Å². The maximum atomic E-state index is 14.0. The van der Waals surface area contributed by atoms with Crippen molar-refractivity contribution >= 4 is 34.1 Å². The van der Waals surface area contributed by atoms with Crippen LogP contribution in [0.3, 0.4) is 0 Å². The van der Waals surface area contributed by atoms with Crippen LogP contribution < -0.4 is 0 Å². The lowest BCUT2D eigenvalue weighted by Crippen LogP contribution is -1.96.